The van der Waals surface area contributed by atoms with Crippen molar-refractivity contribution in [1.29, 1.82) is 5.26 Å². The summed E-state index contributed by atoms with van der Waals surface area (Å²) >= 11 is 0. The van der Waals surface area contributed by atoms with E-state index in [1.54, 1.807) is 16.0 Å². The van der Waals surface area contributed by atoms with E-state index in [0.717, 1.165) is 6.42 Å². The first-order valence-corrected chi connectivity index (χ1v) is 8.44. The molecule has 2 amide bonds. The molecule has 2 rings (SSSR count). The van der Waals surface area contributed by atoms with Crippen LogP contribution in [0.3, 0.4) is 0 Å². The number of piperazine rings is 1. The third-order valence-electron chi connectivity index (χ3n) is 4.92. The van der Waals surface area contributed by atoms with Gasteiger partial charge in [0.2, 0.25) is 5.91 Å². The Labute approximate surface area is 138 Å². The summed E-state index contributed by atoms with van der Waals surface area (Å²) in [7, 11) is 0. The SMILES string of the molecule is CC(=O)N1CCN(C(=O)/C(C#N)=C\NC2CCCCC2C)CC1. The molecule has 2 aliphatic rings. The normalized spacial score (nSPS) is 25.7. The van der Waals surface area contributed by atoms with Crippen molar-refractivity contribution in [3.8, 4) is 6.07 Å². The number of nitrogens with zero attached hydrogens (tertiary/aromatic N) is 3. The van der Waals surface area contributed by atoms with Crippen molar-refractivity contribution in [2.24, 2.45) is 5.92 Å². The topological polar surface area (TPSA) is 76.4 Å². The molecular weight excluding hydrogens is 292 g/mol. The maximum absolute atomic E-state index is 12.5. The van der Waals surface area contributed by atoms with E-state index < -0.39 is 0 Å². The molecule has 1 N–H and O–H groups in total. The first-order valence-electron chi connectivity index (χ1n) is 8.44. The summed E-state index contributed by atoms with van der Waals surface area (Å²) in [5, 5.41) is 12.6. The van der Waals surface area contributed by atoms with Crippen LogP contribution in [-0.2, 0) is 9.59 Å². The molecule has 1 aliphatic carbocycles. The van der Waals surface area contributed by atoms with Crippen LogP contribution in [0.4, 0.5) is 0 Å². The molecular formula is C17H26N4O2. The van der Waals surface area contributed by atoms with Gasteiger partial charge in [-0.15, -0.1) is 0 Å². The molecule has 2 unspecified atom stereocenters. The third-order valence-corrected chi connectivity index (χ3v) is 4.92. The number of nitrogens with one attached hydrogen (secondary N) is 1. The second-order valence-corrected chi connectivity index (χ2v) is 6.50. The van der Waals surface area contributed by atoms with Crippen LogP contribution in [0.5, 0.6) is 0 Å². The number of hydrogen-bond acceptors (Lipinski definition) is 4. The highest BCUT2D eigenvalue weighted by molar-refractivity contribution is 5.97. The number of amides is 2. The summed E-state index contributed by atoms with van der Waals surface area (Å²) in [6, 6.07) is 2.36. The predicted molar refractivity (Wildman–Crippen MR) is 87.1 cm³/mol. The zero-order valence-corrected chi connectivity index (χ0v) is 14.0. The van der Waals surface area contributed by atoms with Crippen molar-refractivity contribution in [2.75, 3.05) is 26.2 Å². The molecule has 1 aliphatic heterocycles. The molecule has 1 saturated carbocycles. The fraction of sp³-hybridized carbons (Fsp3) is 0.706. The van der Waals surface area contributed by atoms with Crippen molar-refractivity contribution in [2.45, 2.75) is 45.6 Å². The monoisotopic (exact) mass is 318 g/mol. The van der Waals surface area contributed by atoms with Crippen molar-refractivity contribution >= 4 is 11.8 Å². The Kier molecular flexibility index (Phi) is 6.03. The maximum atomic E-state index is 12.5. The number of carbonyl (C=O) groups is 2. The number of nitriles is 1. The van der Waals surface area contributed by atoms with E-state index in [9.17, 15) is 14.9 Å². The first-order chi connectivity index (χ1) is 11.0. The Morgan fingerprint density at radius 2 is 1.74 bits per heavy atom. The summed E-state index contributed by atoms with van der Waals surface area (Å²) in [5.41, 5.74) is 0.152. The summed E-state index contributed by atoms with van der Waals surface area (Å²) in [6.07, 6.45) is 6.31. The summed E-state index contributed by atoms with van der Waals surface area (Å²) < 4.78 is 0. The Balaban J connectivity index is 1.92. The Morgan fingerprint density at radius 3 is 2.30 bits per heavy atom. The van der Waals surface area contributed by atoms with Gasteiger partial charge in [-0.3, -0.25) is 9.59 Å². The molecule has 0 bridgehead atoms. The molecule has 23 heavy (non-hydrogen) atoms. The standard InChI is InChI=1S/C17H26N4O2/c1-13-5-3-4-6-16(13)19-12-15(11-18)17(23)21-9-7-20(8-10-21)14(2)22/h12-13,16,19H,3-10H2,1-2H3/b15-12-. The average molecular weight is 318 g/mol. The molecule has 126 valence electrons. The van der Waals surface area contributed by atoms with Crippen LogP contribution in [0.15, 0.2) is 11.8 Å². The van der Waals surface area contributed by atoms with Crippen molar-refractivity contribution < 1.29 is 9.59 Å². The fourth-order valence-corrected chi connectivity index (χ4v) is 3.29. The number of carbonyl (C=O) groups excluding carboxylic acids is 2. The molecule has 0 spiro atoms. The van der Waals surface area contributed by atoms with Gasteiger partial charge in [0, 0.05) is 45.3 Å². The van der Waals surface area contributed by atoms with Crippen molar-refractivity contribution in [3.05, 3.63) is 11.8 Å². The van der Waals surface area contributed by atoms with Gasteiger partial charge in [0.15, 0.2) is 0 Å². The highest BCUT2D eigenvalue weighted by Crippen LogP contribution is 2.23. The lowest BCUT2D eigenvalue weighted by atomic mass is 9.86. The lowest BCUT2D eigenvalue weighted by molar-refractivity contribution is -0.136. The first kappa shape index (κ1) is 17.3. The molecule has 1 heterocycles. The van der Waals surface area contributed by atoms with Gasteiger partial charge >= 0.3 is 0 Å². The lowest BCUT2D eigenvalue weighted by Crippen LogP contribution is -2.50. The second-order valence-electron chi connectivity index (χ2n) is 6.50. The van der Waals surface area contributed by atoms with Crippen LogP contribution in [0, 0.1) is 17.2 Å². The van der Waals surface area contributed by atoms with Crippen LogP contribution < -0.4 is 5.32 Å². The molecule has 0 aromatic rings. The molecule has 2 fully saturated rings. The van der Waals surface area contributed by atoms with E-state index in [1.807, 2.05) is 6.07 Å². The van der Waals surface area contributed by atoms with Crippen molar-refractivity contribution in [1.82, 2.24) is 15.1 Å². The van der Waals surface area contributed by atoms with E-state index in [0.29, 0.717) is 38.1 Å². The number of rotatable bonds is 3. The highest BCUT2D eigenvalue weighted by Gasteiger charge is 2.25. The lowest BCUT2D eigenvalue weighted by Gasteiger charge is -2.34. The van der Waals surface area contributed by atoms with Gasteiger partial charge in [-0.1, -0.05) is 19.8 Å². The van der Waals surface area contributed by atoms with Crippen molar-refractivity contribution in [3.63, 3.8) is 0 Å². The predicted octanol–water partition coefficient (Wildman–Crippen LogP) is 1.25. The van der Waals surface area contributed by atoms with Gasteiger partial charge in [-0.25, -0.2) is 0 Å². The van der Waals surface area contributed by atoms with Gasteiger partial charge in [-0.2, -0.15) is 5.26 Å². The largest absolute Gasteiger partial charge is 0.387 e. The molecule has 6 heteroatoms. The van der Waals surface area contributed by atoms with Gasteiger partial charge < -0.3 is 15.1 Å². The average Bonchev–Trinajstić information content (AvgIpc) is 2.56. The van der Waals surface area contributed by atoms with Gasteiger partial charge in [-0.05, 0) is 18.8 Å². The summed E-state index contributed by atoms with van der Waals surface area (Å²) in [5.74, 6) is 0.349. The molecule has 2 atom stereocenters. The maximum Gasteiger partial charge on any atom is 0.266 e. The van der Waals surface area contributed by atoms with E-state index in [2.05, 4.69) is 12.2 Å². The Bertz CT molecular complexity index is 515. The van der Waals surface area contributed by atoms with E-state index in [1.165, 1.54) is 26.2 Å². The van der Waals surface area contributed by atoms with Crippen LogP contribution in [-0.4, -0.2) is 53.8 Å². The second kappa shape index (κ2) is 8.00. The van der Waals surface area contributed by atoms with Gasteiger partial charge in [0.25, 0.3) is 5.91 Å². The van der Waals surface area contributed by atoms with E-state index in [4.69, 9.17) is 0 Å². The van der Waals surface area contributed by atoms with Crippen LogP contribution in [0.25, 0.3) is 0 Å². The van der Waals surface area contributed by atoms with Gasteiger partial charge in [0.05, 0.1) is 0 Å². The Morgan fingerprint density at radius 1 is 1.13 bits per heavy atom. The molecule has 0 radical (unpaired) electrons. The smallest absolute Gasteiger partial charge is 0.266 e. The van der Waals surface area contributed by atoms with Gasteiger partial charge in [0.1, 0.15) is 11.6 Å². The third kappa shape index (κ3) is 4.47. The van der Waals surface area contributed by atoms with Crippen LogP contribution >= 0.6 is 0 Å². The van der Waals surface area contributed by atoms with Crippen LogP contribution in [0.1, 0.15) is 39.5 Å². The quantitative estimate of drug-likeness (QED) is 0.628. The zero-order chi connectivity index (χ0) is 16.8. The minimum atomic E-state index is -0.244. The van der Waals surface area contributed by atoms with E-state index in [-0.39, 0.29) is 17.4 Å². The molecule has 1 saturated heterocycles. The zero-order valence-electron chi connectivity index (χ0n) is 14.0. The minimum Gasteiger partial charge on any atom is -0.387 e. The number of hydrogen-bond donors (Lipinski definition) is 1. The van der Waals surface area contributed by atoms with E-state index >= 15 is 0 Å². The fourth-order valence-electron chi connectivity index (χ4n) is 3.29. The minimum absolute atomic E-state index is 0.0288. The molecule has 0 aromatic carbocycles. The Hall–Kier alpha value is -2.03. The summed E-state index contributed by atoms with van der Waals surface area (Å²) in [6.45, 7) is 5.78. The molecule has 0 aromatic heterocycles. The molecule has 6 nitrogen and oxygen atoms in total. The van der Waals surface area contributed by atoms with Crippen LogP contribution in [0.2, 0.25) is 0 Å². The summed E-state index contributed by atoms with van der Waals surface area (Å²) in [4.78, 5) is 27.2. The highest BCUT2D eigenvalue weighted by atomic mass is 16.2.